The topological polar surface area (TPSA) is 159 Å². The first-order valence-corrected chi connectivity index (χ1v) is 14.8. The molecule has 3 heterocycles. The lowest BCUT2D eigenvalue weighted by Gasteiger charge is -2.32. The molecular formula is C23H33N5O6Si. The number of carbonyl (C=O) groups excluding carboxylic acids is 2. The number of amides is 2. The van der Waals surface area contributed by atoms with Crippen molar-refractivity contribution in [2.24, 2.45) is 5.92 Å². The molecule has 11 nitrogen and oxygen atoms in total. The third kappa shape index (κ3) is 4.64. The molecule has 2 aliphatic heterocycles. The van der Waals surface area contributed by atoms with Crippen molar-refractivity contribution in [2.45, 2.75) is 69.7 Å². The molecular weight excluding hydrogens is 470 g/mol. The summed E-state index contributed by atoms with van der Waals surface area (Å²) in [7, 11) is -2.78. The molecule has 2 aromatic rings. The van der Waals surface area contributed by atoms with Crippen LogP contribution in [0.1, 0.15) is 31.5 Å². The molecule has 12 heteroatoms. The third-order valence-corrected chi connectivity index (χ3v) is 9.49. The van der Waals surface area contributed by atoms with Gasteiger partial charge in [-0.15, -0.1) is 5.10 Å². The number of anilines is 2. The molecule has 0 aliphatic carbocycles. The number of hydrogen-bond acceptors (Lipinski definition) is 8. The molecule has 5 N–H and O–H groups in total. The Morgan fingerprint density at radius 2 is 2.14 bits per heavy atom. The number of aliphatic hydroxyl groups is 2. The first kappa shape index (κ1) is 25.4. The van der Waals surface area contributed by atoms with E-state index < -0.39 is 32.0 Å². The number of nitrogens with one attached hydrogen (secondary N) is 2. The Morgan fingerprint density at radius 1 is 1.40 bits per heavy atom. The van der Waals surface area contributed by atoms with Crippen molar-refractivity contribution >= 4 is 31.5 Å². The van der Waals surface area contributed by atoms with Crippen LogP contribution in [0.2, 0.25) is 18.6 Å². The van der Waals surface area contributed by atoms with Gasteiger partial charge in [0.1, 0.15) is 6.10 Å². The molecule has 2 aliphatic rings. The quantitative estimate of drug-likeness (QED) is 0.333. The molecule has 1 fully saturated rings. The molecule has 0 bridgehead atoms. The second-order valence-electron chi connectivity index (χ2n) is 9.98. The number of carbonyl (C=O) groups is 2. The molecule has 1 aromatic heterocycles. The summed E-state index contributed by atoms with van der Waals surface area (Å²) in [4.78, 5) is 36.6. The Morgan fingerprint density at radius 3 is 2.80 bits per heavy atom. The number of hydrogen-bond donors (Lipinski definition) is 5. The highest BCUT2D eigenvalue weighted by Gasteiger charge is 2.64. The summed E-state index contributed by atoms with van der Waals surface area (Å²) < 4.78 is 8.26. The van der Waals surface area contributed by atoms with E-state index in [4.69, 9.17) is 9.84 Å². The van der Waals surface area contributed by atoms with Crippen molar-refractivity contribution in [3.63, 3.8) is 0 Å². The monoisotopic (exact) mass is 503 g/mol. The van der Waals surface area contributed by atoms with Crippen LogP contribution in [0.3, 0.4) is 0 Å². The zero-order valence-electron chi connectivity index (χ0n) is 20.4. The van der Waals surface area contributed by atoms with E-state index in [9.17, 15) is 19.5 Å². The van der Waals surface area contributed by atoms with Crippen LogP contribution in [0, 0.1) is 5.92 Å². The van der Waals surface area contributed by atoms with Gasteiger partial charge in [0, 0.05) is 54.2 Å². The lowest BCUT2D eigenvalue weighted by molar-refractivity contribution is -0.143. The fourth-order valence-electron chi connectivity index (χ4n) is 5.43. The molecule has 35 heavy (non-hydrogen) atoms. The number of aromatic nitrogens is 3. The van der Waals surface area contributed by atoms with Gasteiger partial charge in [-0.05, 0) is 44.6 Å². The molecule has 190 valence electrons. The zero-order valence-corrected chi connectivity index (χ0v) is 21.4. The first-order valence-electron chi connectivity index (χ1n) is 11.8. The number of benzene rings is 1. The van der Waals surface area contributed by atoms with E-state index in [2.05, 4.69) is 20.9 Å². The summed E-state index contributed by atoms with van der Waals surface area (Å²) in [6.45, 7) is 7.48. The van der Waals surface area contributed by atoms with Gasteiger partial charge in [-0.25, -0.2) is 0 Å². The van der Waals surface area contributed by atoms with Crippen LogP contribution in [0.25, 0.3) is 0 Å². The highest BCUT2D eigenvalue weighted by Crippen LogP contribution is 2.58. The predicted molar refractivity (Wildman–Crippen MR) is 130 cm³/mol. The average Bonchev–Trinajstić information content (AvgIpc) is 3.42. The second kappa shape index (κ2) is 9.43. The van der Waals surface area contributed by atoms with E-state index in [1.807, 2.05) is 20.0 Å². The Balaban J connectivity index is 1.65. The van der Waals surface area contributed by atoms with Crippen molar-refractivity contribution in [3.05, 3.63) is 35.7 Å². The van der Waals surface area contributed by atoms with Crippen LogP contribution in [0.4, 0.5) is 11.4 Å². The predicted octanol–water partition coefficient (Wildman–Crippen LogP) is 0.972. The number of ether oxygens (including phenoxy) is 1. The van der Waals surface area contributed by atoms with Crippen LogP contribution in [-0.4, -0.2) is 68.9 Å². The standard InChI is InChI=1S/C23H33N5O6Si/c1-13-20(35(3,4)33)19(7-9-28-12-16(8-10-29)26-27-28)34-23(13)17-11-15(24-21(31)14(2)30)5-6-18(17)25-22(23)32/h5-6,11-14,19-20,29-30,33H,7-10H2,1-4H3,(H,24,31)(H,25,32)/t13-,14-,19+,20-,23+/m0/s1. The minimum Gasteiger partial charge on any atom is -0.432 e. The van der Waals surface area contributed by atoms with Crippen molar-refractivity contribution in [1.29, 1.82) is 0 Å². The lowest BCUT2D eigenvalue weighted by Crippen LogP contribution is -2.43. The van der Waals surface area contributed by atoms with Crippen LogP contribution < -0.4 is 10.6 Å². The van der Waals surface area contributed by atoms with E-state index in [1.54, 1.807) is 29.1 Å². The van der Waals surface area contributed by atoms with Gasteiger partial charge in [-0.1, -0.05) is 12.1 Å². The summed E-state index contributed by atoms with van der Waals surface area (Å²) in [5.74, 6) is -1.18. The molecule has 0 saturated carbocycles. The second-order valence-corrected chi connectivity index (χ2v) is 13.9. The average molecular weight is 504 g/mol. The number of aryl methyl sites for hydroxylation is 1. The molecule has 1 aromatic carbocycles. The third-order valence-electron chi connectivity index (χ3n) is 6.98. The Labute approximate surface area is 204 Å². The molecule has 4 rings (SSSR count). The van der Waals surface area contributed by atoms with Gasteiger partial charge in [0.15, 0.2) is 13.9 Å². The van der Waals surface area contributed by atoms with Crippen molar-refractivity contribution in [3.8, 4) is 0 Å². The molecule has 1 spiro atoms. The molecule has 0 radical (unpaired) electrons. The molecule has 0 unspecified atom stereocenters. The normalized spacial score (nSPS) is 26.6. The van der Waals surface area contributed by atoms with E-state index >= 15 is 0 Å². The molecule has 2 amide bonds. The van der Waals surface area contributed by atoms with Gasteiger partial charge < -0.3 is 30.4 Å². The summed E-state index contributed by atoms with van der Waals surface area (Å²) in [5, 5.41) is 32.4. The van der Waals surface area contributed by atoms with Gasteiger partial charge in [0.05, 0.1) is 11.8 Å². The maximum atomic E-state index is 13.4. The number of rotatable bonds is 8. The Bertz CT molecular complexity index is 1120. The largest absolute Gasteiger partial charge is 0.432 e. The number of nitrogens with zero attached hydrogens (tertiary/aromatic N) is 3. The fraction of sp³-hybridized carbons (Fsp3) is 0.565. The van der Waals surface area contributed by atoms with E-state index in [0.717, 1.165) is 0 Å². The Kier molecular flexibility index (Phi) is 6.86. The maximum Gasteiger partial charge on any atom is 0.261 e. The number of aliphatic hydroxyl groups excluding tert-OH is 2. The van der Waals surface area contributed by atoms with Crippen molar-refractivity contribution < 1.29 is 29.3 Å². The highest BCUT2D eigenvalue weighted by molar-refractivity contribution is 6.71. The van der Waals surface area contributed by atoms with Crippen molar-refractivity contribution in [1.82, 2.24) is 15.0 Å². The van der Waals surface area contributed by atoms with Gasteiger partial charge in [-0.3, -0.25) is 14.3 Å². The van der Waals surface area contributed by atoms with E-state index in [1.165, 1.54) is 6.92 Å². The van der Waals surface area contributed by atoms with E-state index in [-0.39, 0.29) is 24.0 Å². The lowest BCUT2D eigenvalue weighted by atomic mass is 9.82. The van der Waals surface area contributed by atoms with Crippen LogP contribution in [0.15, 0.2) is 24.4 Å². The SMILES string of the molecule is C[C@H](O)C(=O)Nc1ccc2c(c1)[C@@]1(O[C@H](CCn3cc(CCO)nn3)[C@@H]([Si](C)(C)O)[C@@H]1C)C(=O)N2. The highest BCUT2D eigenvalue weighted by atomic mass is 28.4. The number of fused-ring (bicyclic) bond motifs is 2. The van der Waals surface area contributed by atoms with Gasteiger partial charge in [0.2, 0.25) is 0 Å². The summed E-state index contributed by atoms with van der Waals surface area (Å²) in [6.07, 6.45) is 1.12. The summed E-state index contributed by atoms with van der Waals surface area (Å²) in [5.41, 5.74) is 0.784. The van der Waals surface area contributed by atoms with Crippen LogP contribution in [0.5, 0.6) is 0 Å². The van der Waals surface area contributed by atoms with Gasteiger partial charge in [-0.2, -0.15) is 0 Å². The Hall–Kier alpha value is -2.64. The first-order chi connectivity index (χ1) is 16.5. The zero-order chi connectivity index (χ0) is 25.5. The minimum atomic E-state index is -2.78. The van der Waals surface area contributed by atoms with Crippen LogP contribution in [-0.2, 0) is 32.9 Å². The smallest absolute Gasteiger partial charge is 0.261 e. The molecule has 1 saturated heterocycles. The van der Waals surface area contributed by atoms with Gasteiger partial charge >= 0.3 is 0 Å². The van der Waals surface area contributed by atoms with Crippen LogP contribution >= 0.6 is 0 Å². The van der Waals surface area contributed by atoms with E-state index in [0.29, 0.717) is 42.0 Å². The summed E-state index contributed by atoms with van der Waals surface area (Å²) >= 11 is 0. The van der Waals surface area contributed by atoms with Crippen molar-refractivity contribution in [2.75, 3.05) is 17.2 Å². The molecule has 5 atom stereocenters. The summed E-state index contributed by atoms with van der Waals surface area (Å²) in [6, 6.07) is 5.07. The van der Waals surface area contributed by atoms with Gasteiger partial charge in [0.25, 0.3) is 11.8 Å². The fourth-order valence-corrected chi connectivity index (χ4v) is 8.03. The maximum absolute atomic E-state index is 13.4. The minimum absolute atomic E-state index is 0.00891.